The standard InChI is InChI=1S/C19H20ClFN2O3/c1-11-16(21)8-14(19(25)26-3)9-17(11)22-10-18(24)23-12(2)13-4-6-15(20)7-5-13/h4-9,12,22H,10H2,1-3H3,(H,23,24). The van der Waals surface area contributed by atoms with E-state index in [-0.39, 0.29) is 24.1 Å². The van der Waals surface area contributed by atoms with Crippen LogP contribution in [0.25, 0.3) is 0 Å². The number of halogens is 2. The molecule has 0 bridgehead atoms. The van der Waals surface area contributed by atoms with Crippen LogP contribution in [-0.4, -0.2) is 25.5 Å². The van der Waals surface area contributed by atoms with Crippen molar-refractivity contribution in [2.45, 2.75) is 19.9 Å². The maximum absolute atomic E-state index is 14.0. The molecular weight excluding hydrogens is 359 g/mol. The number of nitrogens with one attached hydrogen (secondary N) is 2. The molecule has 2 rings (SSSR count). The zero-order valence-electron chi connectivity index (χ0n) is 14.7. The summed E-state index contributed by atoms with van der Waals surface area (Å²) in [5.41, 5.74) is 1.67. The van der Waals surface area contributed by atoms with Crippen LogP contribution in [0.5, 0.6) is 0 Å². The van der Waals surface area contributed by atoms with Crippen LogP contribution in [0.1, 0.15) is 34.5 Å². The van der Waals surface area contributed by atoms with Crippen LogP contribution in [0, 0.1) is 12.7 Å². The van der Waals surface area contributed by atoms with Crippen molar-refractivity contribution in [2.75, 3.05) is 19.0 Å². The molecule has 0 fully saturated rings. The number of rotatable bonds is 6. The van der Waals surface area contributed by atoms with Crippen LogP contribution < -0.4 is 10.6 Å². The van der Waals surface area contributed by atoms with Crippen molar-refractivity contribution in [1.29, 1.82) is 0 Å². The molecule has 0 aliphatic carbocycles. The summed E-state index contributed by atoms with van der Waals surface area (Å²) in [4.78, 5) is 23.7. The van der Waals surface area contributed by atoms with E-state index in [1.165, 1.54) is 13.2 Å². The van der Waals surface area contributed by atoms with Crippen molar-refractivity contribution in [3.63, 3.8) is 0 Å². The van der Waals surface area contributed by atoms with Crippen LogP contribution >= 0.6 is 11.6 Å². The van der Waals surface area contributed by atoms with E-state index in [1.807, 2.05) is 19.1 Å². The first kappa shape index (κ1) is 19.7. The van der Waals surface area contributed by atoms with Crippen molar-refractivity contribution in [2.24, 2.45) is 0 Å². The maximum Gasteiger partial charge on any atom is 0.338 e. The Morgan fingerprint density at radius 3 is 2.50 bits per heavy atom. The van der Waals surface area contributed by atoms with Gasteiger partial charge in [0.05, 0.1) is 25.3 Å². The molecule has 1 unspecified atom stereocenters. The average Bonchev–Trinajstić information content (AvgIpc) is 2.62. The lowest BCUT2D eigenvalue weighted by Gasteiger charge is -2.16. The predicted octanol–water partition coefficient (Wildman–Crippen LogP) is 3.86. The number of methoxy groups -OCH3 is 1. The smallest absolute Gasteiger partial charge is 0.338 e. The Morgan fingerprint density at radius 1 is 1.23 bits per heavy atom. The van der Waals surface area contributed by atoms with Crippen molar-refractivity contribution in [3.8, 4) is 0 Å². The number of anilines is 1. The van der Waals surface area contributed by atoms with Crippen LogP contribution in [0.15, 0.2) is 36.4 Å². The van der Waals surface area contributed by atoms with Gasteiger partial charge in [-0.1, -0.05) is 23.7 Å². The number of benzene rings is 2. The molecule has 0 saturated heterocycles. The highest BCUT2D eigenvalue weighted by Crippen LogP contribution is 2.21. The van der Waals surface area contributed by atoms with Gasteiger partial charge in [0.2, 0.25) is 5.91 Å². The quantitative estimate of drug-likeness (QED) is 0.749. The summed E-state index contributed by atoms with van der Waals surface area (Å²) in [7, 11) is 1.22. The second kappa shape index (κ2) is 8.67. The molecule has 5 nitrogen and oxygen atoms in total. The van der Waals surface area contributed by atoms with E-state index >= 15 is 0 Å². The third-order valence-corrected chi connectivity index (χ3v) is 4.20. The first-order valence-corrected chi connectivity index (χ1v) is 8.36. The fourth-order valence-corrected chi connectivity index (χ4v) is 2.53. The Hall–Kier alpha value is -2.60. The van der Waals surface area contributed by atoms with E-state index in [9.17, 15) is 14.0 Å². The molecule has 0 spiro atoms. The minimum absolute atomic E-state index is 0.0666. The van der Waals surface area contributed by atoms with Gasteiger partial charge in [0.15, 0.2) is 0 Å². The van der Waals surface area contributed by atoms with Crippen molar-refractivity contribution in [3.05, 3.63) is 63.9 Å². The highest BCUT2D eigenvalue weighted by Gasteiger charge is 2.14. The molecule has 7 heteroatoms. The summed E-state index contributed by atoms with van der Waals surface area (Å²) >= 11 is 5.85. The van der Waals surface area contributed by atoms with Crippen molar-refractivity contribution in [1.82, 2.24) is 5.32 Å². The van der Waals surface area contributed by atoms with Gasteiger partial charge < -0.3 is 15.4 Å². The van der Waals surface area contributed by atoms with E-state index < -0.39 is 11.8 Å². The summed E-state index contributed by atoms with van der Waals surface area (Å²) < 4.78 is 18.6. The van der Waals surface area contributed by atoms with Crippen LogP contribution in [0.4, 0.5) is 10.1 Å². The zero-order chi connectivity index (χ0) is 19.3. The number of carbonyl (C=O) groups is 2. The van der Waals surface area contributed by atoms with Crippen LogP contribution in [0.3, 0.4) is 0 Å². The predicted molar refractivity (Wildman–Crippen MR) is 99.0 cm³/mol. The molecule has 138 valence electrons. The van der Waals surface area contributed by atoms with Gasteiger partial charge in [0.1, 0.15) is 5.82 Å². The lowest BCUT2D eigenvalue weighted by atomic mass is 10.1. The van der Waals surface area contributed by atoms with Gasteiger partial charge >= 0.3 is 5.97 Å². The molecule has 0 aliphatic heterocycles. The number of hydrogen-bond donors (Lipinski definition) is 2. The fourth-order valence-electron chi connectivity index (χ4n) is 2.40. The van der Waals surface area contributed by atoms with Crippen LogP contribution in [0.2, 0.25) is 5.02 Å². The summed E-state index contributed by atoms with van der Waals surface area (Å²) in [5, 5.41) is 6.32. The lowest BCUT2D eigenvalue weighted by molar-refractivity contribution is -0.120. The number of hydrogen-bond acceptors (Lipinski definition) is 4. The molecule has 0 aromatic heterocycles. The summed E-state index contributed by atoms with van der Waals surface area (Å²) in [6.07, 6.45) is 0. The van der Waals surface area contributed by atoms with Gasteiger partial charge in [-0.25, -0.2) is 9.18 Å². The van der Waals surface area contributed by atoms with E-state index in [2.05, 4.69) is 15.4 Å². The summed E-state index contributed by atoms with van der Waals surface area (Å²) in [5.74, 6) is -1.46. The second-order valence-corrected chi connectivity index (χ2v) is 6.25. The molecular formula is C19H20ClFN2O3. The molecule has 1 amide bonds. The molecule has 26 heavy (non-hydrogen) atoms. The molecule has 2 N–H and O–H groups in total. The molecule has 0 saturated carbocycles. The molecule has 2 aromatic rings. The second-order valence-electron chi connectivity index (χ2n) is 5.82. The maximum atomic E-state index is 14.0. The third kappa shape index (κ3) is 4.95. The van der Waals surface area contributed by atoms with E-state index in [0.29, 0.717) is 16.3 Å². The topological polar surface area (TPSA) is 67.4 Å². The van der Waals surface area contributed by atoms with Gasteiger partial charge in [-0.3, -0.25) is 4.79 Å². The largest absolute Gasteiger partial charge is 0.465 e. The van der Waals surface area contributed by atoms with Gasteiger partial charge in [0, 0.05) is 16.3 Å². The minimum Gasteiger partial charge on any atom is -0.465 e. The molecule has 0 heterocycles. The Morgan fingerprint density at radius 2 is 1.88 bits per heavy atom. The minimum atomic E-state index is -0.646. The Balaban J connectivity index is 2.01. The van der Waals surface area contributed by atoms with E-state index in [1.54, 1.807) is 19.1 Å². The summed E-state index contributed by atoms with van der Waals surface area (Å²) in [6.45, 7) is 3.35. The third-order valence-electron chi connectivity index (χ3n) is 3.95. The van der Waals surface area contributed by atoms with E-state index in [4.69, 9.17) is 11.6 Å². The fraction of sp³-hybridized carbons (Fsp3) is 0.263. The van der Waals surface area contributed by atoms with Crippen molar-refractivity contribution < 1.29 is 18.7 Å². The van der Waals surface area contributed by atoms with Gasteiger partial charge in [-0.2, -0.15) is 0 Å². The lowest BCUT2D eigenvalue weighted by Crippen LogP contribution is -2.32. The number of ether oxygens (including phenoxy) is 1. The van der Waals surface area contributed by atoms with Gasteiger partial charge in [-0.15, -0.1) is 0 Å². The number of amides is 1. The average molecular weight is 379 g/mol. The van der Waals surface area contributed by atoms with Crippen LogP contribution in [-0.2, 0) is 9.53 Å². The van der Waals surface area contributed by atoms with E-state index in [0.717, 1.165) is 11.6 Å². The highest BCUT2D eigenvalue weighted by molar-refractivity contribution is 6.30. The van der Waals surface area contributed by atoms with Crippen molar-refractivity contribution >= 4 is 29.2 Å². The molecule has 0 radical (unpaired) electrons. The monoisotopic (exact) mass is 378 g/mol. The molecule has 2 aromatic carbocycles. The SMILES string of the molecule is COC(=O)c1cc(F)c(C)c(NCC(=O)NC(C)c2ccc(Cl)cc2)c1. The Labute approximate surface area is 156 Å². The Kier molecular flexibility index (Phi) is 6.58. The highest BCUT2D eigenvalue weighted by atomic mass is 35.5. The number of carbonyl (C=O) groups excluding carboxylic acids is 2. The van der Waals surface area contributed by atoms with Gasteiger partial charge in [-0.05, 0) is 43.7 Å². The number of esters is 1. The zero-order valence-corrected chi connectivity index (χ0v) is 15.5. The first-order chi connectivity index (χ1) is 12.3. The molecule has 0 aliphatic rings. The normalized spacial score (nSPS) is 11.6. The first-order valence-electron chi connectivity index (χ1n) is 7.99. The summed E-state index contributed by atoms with van der Waals surface area (Å²) in [6, 6.07) is 9.53. The molecule has 1 atom stereocenters. The Bertz CT molecular complexity index is 809. The van der Waals surface area contributed by atoms with Gasteiger partial charge in [0.25, 0.3) is 0 Å².